The maximum Gasteiger partial charge on any atom is 0.407 e. The van der Waals surface area contributed by atoms with Crippen LogP contribution in [0.5, 0.6) is 0 Å². The lowest BCUT2D eigenvalue weighted by Crippen LogP contribution is -2.30. The molecule has 0 spiro atoms. The first-order chi connectivity index (χ1) is 17.0. The van der Waals surface area contributed by atoms with Crippen LogP contribution < -0.4 is 10.2 Å². The summed E-state index contributed by atoms with van der Waals surface area (Å²) in [5, 5.41) is 11.8. The zero-order valence-electron chi connectivity index (χ0n) is 19.3. The highest BCUT2D eigenvalue weighted by molar-refractivity contribution is 7.99. The summed E-state index contributed by atoms with van der Waals surface area (Å²) in [6.45, 7) is 0.624. The predicted molar refractivity (Wildman–Crippen MR) is 137 cm³/mol. The molecule has 0 atom stereocenters. The van der Waals surface area contributed by atoms with Crippen LogP contribution in [0.15, 0.2) is 72.8 Å². The van der Waals surface area contributed by atoms with Crippen LogP contribution in [0.1, 0.15) is 27.4 Å². The molecule has 0 aromatic heterocycles. The average molecular weight is 491 g/mol. The Balaban J connectivity index is 1.19. The number of amides is 2. The minimum atomic E-state index is -1.04. The summed E-state index contributed by atoms with van der Waals surface area (Å²) >= 11 is 1.38. The number of rotatable bonds is 9. The average Bonchev–Trinajstić information content (AvgIpc) is 3.20. The van der Waals surface area contributed by atoms with Crippen LogP contribution in [0.4, 0.5) is 10.5 Å². The summed E-state index contributed by atoms with van der Waals surface area (Å²) in [6, 6.07) is 22.6. The highest BCUT2D eigenvalue weighted by atomic mass is 32.2. The topological polar surface area (TPSA) is 95.9 Å². The lowest BCUT2D eigenvalue weighted by Gasteiger charge is -2.17. The maximum absolute atomic E-state index is 12.4. The van der Waals surface area contributed by atoms with E-state index in [4.69, 9.17) is 9.84 Å². The molecule has 0 aliphatic heterocycles. The Labute approximate surface area is 208 Å². The molecule has 0 fully saturated rings. The molecule has 4 rings (SSSR count). The van der Waals surface area contributed by atoms with Crippen molar-refractivity contribution in [1.29, 1.82) is 0 Å². The highest BCUT2D eigenvalue weighted by Crippen LogP contribution is 2.44. The van der Waals surface area contributed by atoms with Crippen LogP contribution in [0.2, 0.25) is 0 Å². The molecular formula is C27H26N2O5S. The summed E-state index contributed by atoms with van der Waals surface area (Å²) in [5.74, 6) is -0.436. The molecule has 3 aromatic carbocycles. The Kier molecular flexibility index (Phi) is 7.72. The number of carboxylic acids is 1. The number of carbonyl (C=O) groups excluding carboxylic acids is 2. The van der Waals surface area contributed by atoms with Crippen LogP contribution in [0.3, 0.4) is 0 Å². The standard InChI is InChI=1S/C27H26N2O5S/c1-29(19-8-6-7-18(15-19)26(31)32)25(30)17-35-14-13-28-27(33)34-16-24-22-11-4-2-9-20(22)21-10-3-5-12-23(21)24/h2-12,15,24H,13-14,16-17H2,1H3,(H,28,33)(H,31,32). The number of alkyl carbamates (subject to hydrolysis) is 1. The molecule has 0 saturated carbocycles. The van der Waals surface area contributed by atoms with Gasteiger partial charge in [0.2, 0.25) is 5.91 Å². The van der Waals surface area contributed by atoms with Crippen LogP contribution in [-0.4, -0.2) is 54.8 Å². The van der Waals surface area contributed by atoms with Crippen molar-refractivity contribution < 1.29 is 24.2 Å². The van der Waals surface area contributed by atoms with Gasteiger partial charge in [-0.05, 0) is 40.5 Å². The summed E-state index contributed by atoms with van der Waals surface area (Å²) < 4.78 is 5.51. The van der Waals surface area contributed by atoms with Gasteiger partial charge in [-0.2, -0.15) is 11.8 Å². The molecular weight excluding hydrogens is 464 g/mol. The molecule has 0 radical (unpaired) electrons. The van der Waals surface area contributed by atoms with Crippen molar-refractivity contribution in [1.82, 2.24) is 5.32 Å². The van der Waals surface area contributed by atoms with E-state index in [0.29, 0.717) is 18.0 Å². The van der Waals surface area contributed by atoms with Gasteiger partial charge >= 0.3 is 12.1 Å². The Morgan fingerprint density at radius 2 is 1.63 bits per heavy atom. The number of anilines is 1. The van der Waals surface area contributed by atoms with Crippen molar-refractivity contribution in [2.45, 2.75) is 5.92 Å². The molecule has 0 bridgehead atoms. The number of carboxylic acid groups (broad SMARTS) is 1. The van der Waals surface area contributed by atoms with Crippen molar-refractivity contribution in [2.24, 2.45) is 0 Å². The zero-order valence-corrected chi connectivity index (χ0v) is 20.1. The van der Waals surface area contributed by atoms with Gasteiger partial charge in [0.25, 0.3) is 0 Å². The highest BCUT2D eigenvalue weighted by Gasteiger charge is 2.28. The molecule has 3 aromatic rings. The monoisotopic (exact) mass is 490 g/mol. The number of benzene rings is 3. The molecule has 1 aliphatic rings. The fraction of sp³-hybridized carbons (Fsp3) is 0.222. The van der Waals surface area contributed by atoms with Crippen LogP contribution in [-0.2, 0) is 9.53 Å². The normalized spacial score (nSPS) is 11.9. The lowest BCUT2D eigenvalue weighted by atomic mass is 9.98. The molecule has 0 unspecified atom stereocenters. The summed E-state index contributed by atoms with van der Waals surface area (Å²) in [6.07, 6.45) is -0.485. The van der Waals surface area contributed by atoms with Gasteiger partial charge in [-0.25, -0.2) is 9.59 Å². The smallest absolute Gasteiger partial charge is 0.407 e. The Morgan fingerprint density at radius 3 is 2.29 bits per heavy atom. The maximum atomic E-state index is 12.4. The summed E-state index contributed by atoms with van der Waals surface area (Å²) in [5.41, 5.74) is 5.33. The number of nitrogens with zero attached hydrogens (tertiary/aromatic N) is 1. The van der Waals surface area contributed by atoms with Gasteiger partial charge in [0.15, 0.2) is 0 Å². The summed E-state index contributed by atoms with van der Waals surface area (Å²) in [4.78, 5) is 37.2. The number of aromatic carboxylic acids is 1. The van der Waals surface area contributed by atoms with Crippen LogP contribution in [0, 0.1) is 0 Å². The summed E-state index contributed by atoms with van der Waals surface area (Å²) in [7, 11) is 1.61. The van der Waals surface area contributed by atoms with Crippen molar-refractivity contribution in [3.8, 4) is 11.1 Å². The first-order valence-electron chi connectivity index (χ1n) is 11.2. The number of nitrogens with one attached hydrogen (secondary N) is 1. The molecule has 2 N–H and O–H groups in total. The number of hydrogen-bond donors (Lipinski definition) is 2. The van der Waals surface area contributed by atoms with Gasteiger partial charge in [0.1, 0.15) is 6.61 Å². The van der Waals surface area contributed by atoms with Gasteiger partial charge in [0.05, 0.1) is 11.3 Å². The SMILES string of the molecule is CN(C(=O)CSCCNC(=O)OCC1c2ccccc2-c2ccccc21)c1cccc(C(=O)O)c1. The second-order valence-corrected chi connectivity index (χ2v) is 9.22. The van der Waals surface area contributed by atoms with Gasteiger partial charge in [0, 0.05) is 31.0 Å². The molecule has 0 saturated heterocycles. The fourth-order valence-electron chi connectivity index (χ4n) is 4.12. The molecule has 0 heterocycles. The molecule has 7 nitrogen and oxygen atoms in total. The van der Waals surface area contributed by atoms with Crippen molar-refractivity contribution >= 4 is 35.4 Å². The fourth-order valence-corrected chi connectivity index (χ4v) is 4.88. The first-order valence-corrected chi connectivity index (χ1v) is 12.4. The third kappa shape index (κ3) is 5.66. The lowest BCUT2D eigenvalue weighted by molar-refractivity contribution is -0.115. The first kappa shape index (κ1) is 24.3. The number of ether oxygens (including phenoxy) is 1. The second kappa shape index (κ2) is 11.1. The third-order valence-corrected chi connectivity index (χ3v) is 6.88. The zero-order chi connectivity index (χ0) is 24.8. The number of carbonyl (C=O) groups is 3. The Morgan fingerprint density at radius 1 is 0.971 bits per heavy atom. The van der Waals surface area contributed by atoms with Crippen molar-refractivity contribution in [3.63, 3.8) is 0 Å². The molecule has 1 aliphatic carbocycles. The Bertz CT molecular complexity index is 1200. The van der Waals surface area contributed by atoms with Crippen molar-refractivity contribution in [3.05, 3.63) is 89.5 Å². The van der Waals surface area contributed by atoms with Crippen LogP contribution >= 0.6 is 11.8 Å². The number of thioether (sulfide) groups is 1. The van der Waals surface area contributed by atoms with E-state index in [9.17, 15) is 14.4 Å². The molecule has 35 heavy (non-hydrogen) atoms. The van der Waals surface area contributed by atoms with E-state index in [1.807, 2.05) is 24.3 Å². The largest absolute Gasteiger partial charge is 0.478 e. The van der Waals surface area contributed by atoms with E-state index >= 15 is 0 Å². The minimum Gasteiger partial charge on any atom is -0.478 e. The van der Waals surface area contributed by atoms with Crippen LogP contribution in [0.25, 0.3) is 11.1 Å². The van der Waals surface area contributed by atoms with Gasteiger partial charge in [-0.1, -0.05) is 54.6 Å². The van der Waals surface area contributed by atoms with Gasteiger partial charge in [-0.3, -0.25) is 4.79 Å². The Hall–Kier alpha value is -3.78. The quantitative estimate of drug-likeness (QED) is 0.425. The van der Waals surface area contributed by atoms with E-state index < -0.39 is 12.1 Å². The number of fused-ring (bicyclic) bond motifs is 3. The third-order valence-electron chi connectivity index (χ3n) is 5.94. The predicted octanol–water partition coefficient (Wildman–Crippen LogP) is 4.62. The van der Waals surface area contributed by atoms with Gasteiger partial charge < -0.3 is 20.1 Å². The van der Waals surface area contributed by atoms with E-state index in [1.165, 1.54) is 39.9 Å². The van der Waals surface area contributed by atoms with Gasteiger partial charge in [-0.15, -0.1) is 0 Å². The van der Waals surface area contributed by atoms with E-state index in [2.05, 4.69) is 29.6 Å². The molecule has 8 heteroatoms. The van der Waals surface area contributed by atoms with E-state index in [1.54, 1.807) is 19.2 Å². The second-order valence-electron chi connectivity index (χ2n) is 8.11. The molecule has 2 amide bonds. The van der Waals surface area contributed by atoms with E-state index in [-0.39, 0.29) is 29.7 Å². The van der Waals surface area contributed by atoms with E-state index in [0.717, 1.165) is 11.1 Å². The number of hydrogen-bond acceptors (Lipinski definition) is 5. The minimum absolute atomic E-state index is 0.00955. The molecule has 180 valence electrons. The van der Waals surface area contributed by atoms with Crippen molar-refractivity contribution in [2.75, 3.05) is 36.6 Å².